The molecule has 1 saturated carbocycles. The number of nitrogen functional groups attached to an aromatic ring is 1. The second-order valence-electron chi connectivity index (χ2n) is 5.54. The van der Waals surface area contributed by atoms with E-state index in [0.717, 1.165) is 12.0 Å². The summed E-state index contributed by atoms with van der Waals surface area (Å²) in [5.74, 6) is 0.955. The third-order valence-electron chi connectivity index (χ3n) is 3.59. The van der Waals surface area contributed by atoms with Crippen LogP contribution < -0.4 is 15.8 Å². The Morgan fingerprint density at radius 1 is 1.56 bits per heavy atom. The molecule has 4 heteroatoms. The van der Waals surface area contributed by atoms with Gasteiger partial charge < -0.3 is 15.8 Å². The van der Waals surface area contributed by atoms with Gasteiger partial charge in [0.25, 0.3) is 0 Å². The lowest BCUT2D eigenvalue weighted by atomic mass is 10.1. The number of ether oxygens (including phenoxy) is 1. The maximum absolute atomic E-state index is 11.8. The van der Waals surface area contributed by atoms with Crippen LogP contribution in [0.25, 0.3) is 0 Å². The molecule has 0 bridgehead atoms. The first-order chi connectivity index (χ1) is 8.44. The zero-order valence-corrected chi connectivity index (χ0v) is 11.1. The highest BCUT2D eigenvalue weighted by atomic mass is 16.5. The van der Waals surface area contributed by atoms with Gasteiger partial charge in [-0.25, -0.2) is 0 Å². The molecular formula is C14H20N2O2. The molecule has 98 valence electrons. The number of nitrogens with one attached hydrogen (secondary N) is 1. The molecule has 2 rings (SSSR count). The average Bonchev–Trinajstić information content (AvgIpc) is 2.96. The first kappa shape index (κ1) is 12.7. The Balaban J connectivity index is 1.91. The molecule has 0 aromatic heterocycles. The molecule has 0 saturated heterocycles. The SMILES string of the molecule is COc1ccc(CNC(=O)C2CC2(C)C)cc1N. The molecule has 0 radical (unpaired) electrons. The minimum Gasteiger partial charge on any atom is -0.495 e. The summed E-state index contributed by atoms with van der Waals surface area (Å²) < 4.78 is 5.09. The lowest BCUT2D eigenvalue weighted by Gasteiger charge is -2.09. The van der Waals surface area contributed by atoms with E-state index in [9.17, 15) is 4.79 Å². The standard InChI is InChI=1S/C14H20N2O2/c1-14(2)7-10(14)13(17)16-8-9-4-5-12(18-3)11(15)6-9/h4-6,10H,7-8,15H2,1-3H3,(H,16,17). The number of carbonyl (C=O) groups excluding carboxylic acids is 1. The average molecular weight is 248 g/mol. The Bertz CT molecular complexity index is 469. The molecule has 0 aliphatic heterocycles. The van der Waals surface area contributed by atoms with E-state index < -0.39 is 0 Å². The number of rotatable bonds is 4. The van der Waals surface area contributed by atoms with Gasteiger partial charge >= 0.3 is 0 Å². The van der Waals surface area contributed by atoms with Crippen molar-refractivity contribution in [2.24, 2.45) is 11.3 Å². The molecule has 1 unspecified atom stereocenters. The van der Waals surface area contributed by atoms with E-state index in [1.54, 1.807) is 7.11 Å². The molecule has 1 aromatic rings. The van der Waals surface area contributed by atoms with Gasteiger partial charge in [0.05, 0.1) is 12.8 Å². The van der Waals surface area contributed by atoms with Crippen LogP contribution in [-0.2, 0) is 11.3 Å². The topological polar surface area (TPSA) is 64.3 Å². The number of benzene rings is 1. The molecule has 1 aliphatic carbocycles. The summed E-state index contributed by atoms with van der Waals surface area (Å²) in [6, 6.07) is 5.56. The quantitative estimate of drug-likeness (QED) is 0.800. The van der Waals surface area contributed by atoms with Crippen molar-refractivity contribution in [1.82, 2.24) is 5.32 Å². The van der Waals surface area contributed by atoms with Gasteiger partial charge in [-0.2, -0.15) is 0 Å². The Kier molecular flexibility index (Phi) is 3.20. The monoisotopic (exact) mass is 248 g/mol. The van der Waals surface area contributed by atoms with Gasteiger partial charge in [0.2, 0.25) is 5.91 Å². The minimum absolute atomic E-state index is 0.134. The molecular weight excluding hydrogens is 228 g/mol. The molecule has 4 nitrogen and oxygen atoms in total. The van der Waals surface area contributed by atoms with Crippen LogP contribution in [0, 0.1) is 11.3 Å². The number of nitrogens with two attached hydrogens (primary N) is 1. The smallest absolute Gasteiger partial charge is 0.223 e. The fourth-order valence-corrected chi connectivity index (χ4v) is 2.12. The van der Waals surface area contributed by atoms with Gasteiger partial charge in [0.15, 0.2) is 0 Å². The van der Waals surface area contributed by atoms with Gasteiger partial charge in [-0.3, -0.25) is 4.79 Å². The van der Waals surface area contributed by atoms with E-state index >= 15 is 0 Å². The van der Waals surface area contributed by atoms with Gasteiger partial charge in [0.1, 0.15) is 5.75 Å². The zero-order valence-electron chi connectivity index (χ0n) is 11.1. The van der Waals surface area contributed by atoms with Crippen molar-refractivity contribution in [2.75, 3.05) is 12.8 Å². The second-order valence-corrected chi connectivity index (χ2v) is 5.54. The van der Waals surface area contributed by atoms with E-state index in [1.165, 1.54) is 0 Å². The summed E-state index contributed by atoms with van der Waals surface area (Å²) in [4.78, 5) is 11.8. The predicted octanol–water partition coefficient (Wildman–Crippen LogP) is 1.94. The molecule has 1 amide bonds. The van der Waals surface area contributed by atoms with Crippen LogP contribution in [0.4, 0.5) is 5.69 Å². The van der Waals surface area contributed by atoms with Crippen molar-refractivity contribution in [3.05, 3.63) is 23.8 Å². The Morgan fingerprint density at radius 2 is 2.22 bits per heavy atom. The number of amides is 1. The molecule has 3 N–H and O–H groups in total. The molecule has 0 heterocycles. The Hall–Kier alpha value is -1.71. The van der Waals surface area contributed by atoms with Crippen molar-refractivity contribution >= 4 is 11.6 Å². The van der Waals surface area contributed by atoms with Crippen molar-refractivity contribution in [3.63, 3.8) is 0 Å². The fourth-order valence-electron chi connectivity index (χ4n) is 2.12. The number of carbonyl (C=O) groups is 1. The van der Waals surface area contributed by atoms with Gasteiger partial charge in [0, 0.05) is 12.5 Å². The maximum atomic E-state index is 11.8. The van der Waals surface area contributed by atoms with Crippen LogP contribution in [-0.4, -0.2) is 13.0 Å². The van der Waals surface area contributed by atoms with Crippen molar-refractivity contribution in [3.8, 4) is 5.75 Å². The number of methoxy groups -OCH3 is 1. The highest BCUT2D eigenvalue weighted by Crippen LogP contribution is 2.51. The molecule has 1 aromatic carbocycles. The summed E-state index contributed by atoms with van der Waals surface area (Å²) in [5, 5.41) is 2.95. The van der Waals surface area contributed by atoms with Crippen LogP contribution in [0.2, 0.25) is 0 Å². The third kappa shape index (κ3) is 2.58. The first-order valence-corrected chi connectivity index (χ1v) is 6.14. The van der Waals surface area contributed by atoms with E-state index in [1.807, 2.05) is 18.2 Å². The second kappa shape index (κ2) is 4.52. The summed E-state index contributed by atoms with van der Waals surface area (Å²) in [6.07, 6.45) is 0.976. The van der Waals surface area contributed by atoms with Gasteiger partial charge in [-0.05, 0) is 29.5 Å². The van der Waals surface area contributed by atoms with E-state index in [0.29, 0.717) is 18.0 Å². The third-order valence-corrected chi connectivity index (χ3v) is 3.59. The zero-order chi connectivity index (χ0) is 13.3. The highest BCUT2D eigenvalue weighted by Gasteiger charge is 2.50. The number of hydrogen-bond acceptors (Lipinski definition) is 3. The predicted molar refractivity (Wildman–Crippen MR) is 71.1 cm³/mol. The van der Waals surface area contributed by atoms with Crippen LogP contribution in [0.5, 0.6) is 5.75 Å². The van der Waals surface area contributed by atoms with Crippen molar-refractivity contribution in [1.29, 1.82) is 0 Å². The normalized spacial score (nSPS) is 20.3. The minimum atomic E-state index is 0.134. The fraction of sp³-hybridized carbons (Fsp3) is 0.500. The van der Waals surface area contributed by atoms with Gasteiger partial charge in [-0.15, -0.1) is 0 Å². The number of hydrogen-bond donors (Lipinski definition) is 2. The van der Waals surface area contributed by atoms with Crippen LogP contribution in [0.3, 0.4) is 0 Å². The van der Waals surface area contributed by atoms with Gasteiger partial charge in [-0.1, -0.05) is 19.9 Å². The molecule has 1 aliphatic rings. The molecule has 0 spiro atoms. The summed E-state index contributed by atoms with van der Waals surface area (Å²) in [7, 11) is 1.59. The van der Waals surface area contributed by atoms with Crippen LogP contribution in [0.1, 0.15) is 25.8 Å². The maximum Gasteiger partial charge on any atom is 0.223 e. The largest absolute Gasteiger partial charge is 0.495 e. The van der Waals surface area contributed by atoms with E-state index in [2.05, 4.69) is 19.2 Å². The van der Waals surface area contributed by atoms with Crippen molar-refractivity contribution in [2.45, 2.75) is 26.8 Å². The first-order valence-electron chi connectivity index (χ1n) is 6.14. The molecule has 1 atom stereocenters. The van der Waals surface area contributed by atoms with E-state index in [4.69, 9.17) is 10.5 Å². The van der Waals surface area contributed by atoms with E-state index in [-0.39, 0.29) is 17.2 Å². The summed E-state index contributed by atoms with van der Waals surface area (Å²) in [6.45, 7) is 4.74. The molecule has 18 heavy (non-hydrogen) atoms. The lowest BCUT2D eigenvalue weighted by molar-refractivity contribution is -0.123. The summed E-state index contributed by atoms with van der Waals surface area (Å²) >= 11 is 0. The van der Waals surface area contributed by atoms with Crippen LogP contribution in [0.15, 0.2) is 18.2 Å². The Morgan fingerprint density at radius 3 is 2.72 bits per heavy atom. The highest BCUT2D eigenvalue weighted by molar-refractivity contribution is 5.82. The number of anilines is 1. The van der Waals surface area contributed by atoms with Crippen molar-refractivity contribution < 1.29 is 9.53 Å². The Labute approximate surface area is 108 Å². The summed E-state index contributed by atoms with van der Waals surface area (Å²) in [5.41, 5.74) is 7.57. The lowest BCUT2D eigenvalue weighted by Crippen LogP contribution is -2.26. The van der Waals surface area contributed by atoms with Crippen LogP contribution >= 0.6 is 0 Å². The molecule has 1 fully saturated rings.